The number of para-hydroxylation sites is 1. The van der Waals surface area contributed by atoms with Crippen LogP contribution in [-0.2, 0) is 16.0 Å². The number of methoxy groups -OCH3 is 1. The van der Waals surface area contributed by atoms with E-state index in [4.69, 9.17) is 4.74 Å². The van der Waals surface area contributed by atoms with Crippen LogP contribution in [0.5, 0.6) is 0 Å². The van der Waals surface area contributed by atoms with Crippen molar-refractivity contribution in [1.82, 2.24) is 14.9 Å². The Morgan fingerprint density at radius 3 is 2.20 bits per heavy atom. The maximum absolute atomic E-state index is 12.7. The Morgan fingerprint density at radius 1 is 1.03 bits per heavy atom. The number of H-pyrrole nitrogens is 1. The van der Waals surface area contributed by atoms with Gasteiger partial charge < -0.3 is 15.0 Å². The summed E-state index contributed by atoms with van der Waals surface area (Å²) in [5, 5.41) is 3.34. The Bertz CT molecular complexity index is 1050. The normalized spacial score (nSPS) is 10.9. The summed E-state index contributed by atoms with van der Waals surface area (Å²) < 4.78 is 5.85. The highest BCUT2D eigenvalue weighted by molar-refractivity contribution is 5.77. The molecule has 0 spiro atoms. The minimum absolute atomic E-state index is 0.348. The number of fused-ring (bicyclic) bond motifs is 1. The van der Waals surface area contributed by atoms with E-state index in [1.807, 2.05) is 27.7 Å². The van der Waals surface area contributed by atoms with E-state index < -0.39 is 11.7 Å². The number of nitrogens with one attached hydrogen (secondary N) is 2. The summed E-state index contributed by atoms with van der Waals surface area (Å²) in [7, 11) is 3.03. The lowest BCUT2D eigenvalue weighted by Gasteiger charge is -2.14. The van der Waals surface area contributed by atoms with Crippen molar-refractivity contribution in [2.75, 3.05) is 14.2 Å². The Balaban J connectivity index is 0.00000106. The fourth-order valence-corrected chi connectivity index (χ4v) is 2.86. The Labute approximate surface area is 176 Å². The Morgan fingerprint density at radius 2 is 1.63 bits per heavy atom. The van der Waals surface area contributed by atoms with Crippen molar-refractivity contribution >= 4 is 16.9 Å². The van der Waals surface area contributed by atoms with Crippen LogP contribution in [0.3, 0.4) is 0 Å². The van der Waals surface area contributed by atoms with Crippen molar-refractivity contribution in [3.8, 4) is 5.69 Å². The largest absolute Gasteiger partial charge is 0.468 e. The van der Waals surface area contributed by atoms with Gasteiger partial charge >= 0.3 is 11.7 Å². The van der Waals surface area contributed by atoms with E-state index in [0.717, 1.165) is 10.1 Å². The fraction of sp³-hybridized carbons (Fsp3) is 0.348. The molecule has 0 saturated carbocycles. The zero-order valence-corrected chi connectivity index (χ0v) is 18.5. The van der Waals surface area contributed by atoms with Gasteiger partial charge in [-0.15, -0.1) is 0 Å². The number of carbonyl (C=O) groups is 1. The molecule has 2 N–H and O–H groups in total. The monoisotopic (exact) mass is 413 g/mol. The number of carbonyl (C=O) groups excluding carboxylic acids is 1. The van der Waals surface area contributed by atoms with Gasteiger partial charge in [0.25, 0.3) is 5.56 Å². The SMILES string of the molecule is CC.CC.CNC(Cc1ccc(-n2c(=O)[nH]c3ccccc3c2=O)cc1)C(=O)OC. The molecule has 7 nitrogen and oxygen atoms in total. The van der Waals surface area contributed by atoms with Crippen molar-refractivity contribution in [3.63, 3.8) is 0 Å². The van der Waals surface area contributed by atoms with Gasteiger partial charge in [0, 0.05) is 0 Å². The van der Waals surface area contributed by atoms with E-state index in [1.165, 1.54) is 7.11 Å². The zero-order chi connectivity index (χ0) is 22.7. The summed E-state index contributed by atoms with van der Waals surface area (Å²) in [6, 6.07) is 13.3. The molecule has 0 aliphatic carbocycles. The lowest BCUT2D eigenvalue weighted by Crippen LogP contribution is -2.37. The maximum Gasteiger partial charge on any atom is 0.333 e. The predicted octanol–water partition coefficient (Wildman–Crippen LogP) is 3.03. The highest BCUT2D eigenvalue weighted by Gasteiger charge is 2.17. The number of hydrogen-bond acceptors (Lipinski definition) is 5. The van der Waals surface area contributed by atoms with E-state index in [9.17, 15) is 14.4 Å². The van der Waals surface area contributed by atoms with Gasteiger partial charge in [-0.2, -0.15) is 0 Å². The molecule has 0 amide bonds. The number of benzene rings is 2. The van der Waals surface area contributed by atoms with Crippen molar-refractivity contribution in [2.24, 2.45) is 0 Å². The number of likely N-dealkylation sites (N-methyl/N-ethyl adjacent to an activating group) is 1. The van der Waals surface area contributed by atoms with E-state index in [0.29, 0.717) is 23.0 Å². The molecule has 30 heavy (non-hydrogen) atoms. The molecule has 162 valence electrons. The molecule has 0 bridgehead atoms. The molecule has 2 aromatic carbocycles. The second-order valence-electron chi connectivity index (χ2n) is 5.85. The molecule has 0 fully saturated rings. The Hall–Kier alpha value is -3.19. The van der Waals surface area contributed by atoms with Crippen LogP contribution in [0.1, 0.15) is 33.3 Å². The molecular formula is C23H31N3O4. The van der Waals surface area contributed by atoms with Crippen molar-refractivity contribution in [3.05, 3.63) is 74.9 Å². The zero-order valence-electron chi connectivity index (χ0n) is 18.5. The topological polar surface area (TPSA) is 93.2 Å². The molecule has 3 aromatic rings. The first-order valence-corrected chi connectivity index (χ1v) is 10.1. The Kier molecular flexibility index (Phi) is 10.3. The standard InChI is InChI=1S/C19H19N3O4.2C2H6/c1-20-16(18(24)26-2)11-12-7-9-13(10-8-12)22-17(23)14-5-3-4-6-15(14)21-19(22)25;2*1-2/h3-10,16,20H,11H2,1-2H3,(H,21,25);2*1-2H3. The average molecular weight is 414 g/mol. The van der Waals surface area contributed by atoms with Gasteiger partial charge in [-0.25, -0.2) is 9.36 Å². The molecule has 0 aliphatic heterocycles. The van der Waals surface area contributed by atoms with Gasteiger partial charge in [-0.1, -0.05) is 52.0 Å². The van der Waals surface area contributed by atoms with E-state index in [1.54, 1.807) is 55.6 Å². The van der Waals surface area contributed by atoms with Crippen molar-refractivity contribution < 1.29 is 9.53 Å². The summed E-state index contributed by atoms with van der Waals surface area (Å²) in [6.45, 7) is 8.00. The molecule has 1 aromatic heterocycles. The third kappa shape index (κ3) is 5.67. The van der Waals surface area contributed by atoms with Crippen LogP contribution in [0.25, 0.3) is 16.6 Å². The third-order valence-electron chi connectivity index (χ3n) is 4.27. The van der Waals surface area contributed by atoms with Crippen molar-refractivity contribution in [2.45, 2.75) is 40.2 Å². The van der Waals surface area contributed by atoms with Crippen LogP contribution >= 0.6 is 0 Å². The number of aromatic nitrogens is 2. The molecule has 1 unspecified atom stereocenters. The number of esters is 1. The minimum atomic E-state index is -0.496. The van der Waals surface area contributed by atoms with E-state index >= 15 is 0 Å². The molecule has 0 saturated heterocycles. The number of ether oxygens (including phenoxy) is 1. The first-order valence-electron chi connectivity index (χ1n) is 10.1. The van der Waals surface area contributed by atoms with Crippen LogP contribution in [0.15, 0.2) is 58.1 Å². The fourth-order valence-electron chi connectivity index (χ4n) is 2.86. The van der Waals surface area contributed by atoms with Gasteiger partial charge in [-0.3, -0.25) is 9.59 Å². The van der Waals surface area contributed by atoms with Gasteiger partial charge in [0.1, 0.15) is 6.04 Å². The first kappa shape index (κ1) is 24.8. The van der Waals surface area contributed by atoms with Crippen LogP contribution in [0.4, 0.5) is 0 Å². The molecular weight excluding hydrogens is 382 g/mol. The summed E-state index contributed by atoms with van der Waals surface area (Å²) in [6.07, 6.45) is 0.437. The van der Waals surface area contributed by atoms with Crippen LogP contribution in [-0.4, -0.2) is 35.7 Å². The lowest BCUT2D eigenvalue weighted by molar-refractivity contribution is -0.142. The summed E-state index contributed by atoms with van der Waals surface area (Å²) in [5.41, 5.74) is 0.975. The van der Waals surface area contributed by atoms with Crippen LogP contribution in [0.2, 0.25) is 0 Å². The van der Waals surface area contributed by atoms with E-state index in [-0.39, 0.29) is 11.5 Å². The predicted molar refractivity (Wildman–Crippen MR) is 121 cm³/mol. The maximum atomic E-state index is 12.7. The van der Waals surface area contributed by atoms with E-state index in [2.05, 4.69) is 10.3 Å². The number of rotatable bonds is 5. The summed E-state index contributed by atoms with van der Waals surface area (Å²) >= 11 is 0. The molecule has 7 heteroatoms. The minimum Gasteiger partial charge on any atom is -0.468 e. The molecule has 0 radical (unpaired) electrons. The van der Waals surface area contributed by atoms with Gasteiger partial charge in [0.05, 0.1) is 23.7 Å². The molecule has 1 atom stereocenters. The highest BCUT2D eigenvalue weighted by Crippen LogP contribution is 2.11. The van der Waals surface area contributed by atoms with Gasteiger partial charge in [0.15, 0.2) is 0 Å². The average Bonchev–Trinajstić information content (AvgIpc) is 2.80. The second kappa shape index (κ2) is 12.4. The summed E-state index contributed by atoms with van der Waals surface area (Å²) in [5.74, 6) is -0.348. The lowest BCUT2D eigenvalue weighted by atomic mass is 10.1. The number of hydrogen-bond donors (Lipinski definition) is 2. The van der Waals surface area contributed by atoms with Gasteiger partial charge in [-0.05, 0) is 43.3 Å². The second-order valence-corrected chi connectivity index (χ2v) is 5.85. The summed E-state index contributed by atoms with van der Waals surface area (Å²) in [4.78, 5) is 39.4. The molecule has 0 aliphatic rings. The molecule has 1 heterocycles. The number of aromatic amines is 1. The van der Waals surface area contributed by atoms with Crippen LogP contribution in [0, 0.1) is 0 Å². The quantitative estimate of drug-likeness (QED) is 0.627. The van der Waals surface area contributed by atoms with Crippen molar-refractivity contribution in [1.29, 1.82) is 0 Å². The molecule has 3 rings (SSSR count). The number of nitrogens with zero attached hydrogens (tertiary/aromatic N) is 1. The highest BCUT2D eigenvalue weighted by atomic mass is 16.5. The van der Waals surface area contributed by atoms with Gasteiger partial charge in [0.2, 0.25) is 0 Å². The smallest absolute Gasteiger partial charge is 0.333 e. The first-order chi connectivity index (χ1) is 14.5. The third-order valence-corrected chi connectivity index (χ3v) is 4.27. The van der Waals surface area contributed by atoms with Crippen LogP contribution < -0.4 is 16.6 Å².